The number of nitriles is 1. The van der Waals surface area contributed by atoms with Gasteiger partial charge in [0.15, 0.2) is 0 Å². The van der Waals surface area contributed by atoms with Crippen LogP contribution in [-0.2, 0) is 0 Å². The molecule has 1 rings (SSSR count). The Hall–Kier alpha value is -1.33. The van der Waals surface area contributed by atoms with Crippen LogP contribution in [0, 0.1) is 25.2 Å². The standard InChI is InChI=1S/C13H18N2/c1-10-5-6-13(11(2)9-10)12(3)15-8-4-7-14/h5-6,9,12,15H,4,8H2,1-3H3. The first-order valence-corrected chi connectivity index (χ1v) is 5.32. The summed E-state index contributed by atoms with van der Waals surface area (Å²) in [6, 6.07) is 8.94. The number of aryl methyl sites for hydroxylation is 2. The van der Waals surface area contributed by atoms with Crippen molar-refractivity contribution in [3.63, 3.8) is 0 Å². The molecule has 0 saturated carbocycles. The predicted octanol–water partition coefficient (Wildman–Crippen LogP) is 2.87. The van der Waals surface area contributed by atoms with E-state index in [1.165, 1.54) is 16.7 Å². The summed E-state index contributed by atoms with van der Waals surface area (Å²) in [7, 11) is 0. The van der Waals surface area contributed by atoms with Gasteiger partial charge in [-0.05, 0) is 31.9 Å². The highest BCUT2D eigenvalue weighted by Crippen LogP contribution is 2.18. The van der Waals surface area contributed by atoms with Gasteiger partial charge in [-0.2, -0.15) is 5.26 Å². The molecule has 0 aromatic heterocycles. The highest BCUT2D eigenvalue weighted by atomic mass is 14.9. The van der Waals surface area contributed by atoms with Crippen molar-refractivity contribution in [2.24, 2.45) is 0 Å². The molecular weight excluding hydrogens is 184 g/mol. The highest BCUT2D eigenvalue weighted by Gasteiger charge is 2.06. The van der Waals surface area contributed by atoms with Gasteiger partial charge in [-0.3, -0.25) is 0 Å². The molecule has 0 aliphatic heterocycles. The summed E-state index contributed by atoms with van der Waals surface area (Å²) >= 11 is 0. The van der Waals surface area contributed by atoms with Gasteiger partial charge in [0.1, 0.15) is 0 Å². The Morgan fingerprint density at radius 2 is 2.13 bits per heavy atom. The summed E-state index contributed by atoms with van der Waals surface area (Å²) in [6.07, 6.45) is 0.565. The van der Waals surface area contributed by atoms with Gasteiger partial charge in [0.25, 0.3) is 0 Å². The predicted molar refractivity (Wildman–Crippen MR) is 62.6 cm³/mol. The zero-order chi connectivity index (χ0) is 11.3. The SMILES string of the molecule is Cc1ccc(C(C)NCCC#N)c(C)c1. The monoisotopic (exact) mass is 202 g/mol. The Kier molecular flexibility index (Phi) is 4.33. The molecule has 0 saturated heterocycles. The topological polar surface area (TPSA) is 35.8 Å². The van der Waals surface area contributed by atoms with Crippen molar-refractivity contribution in [2.45, 2.75) is 33.2 Å². The van der Waals surface area contributed by atoms with Crippen molar-refractivity contribution in [3.8, 4) is 6.07 Å². The van der Waals surface area contributed by atoms with E-state index >= 15 is 0 Å². The number of benzene rings is 1. The lowest BCUT2D eigenvalue weighted by atomic mass is 10.0. The molecule has 1 atom stereocenters. The normalized spacial score (nSPS) is 12.1. The molecule has 2 nitrogen and oxygen atoms in total. The molecule has 1 aromatic carbocycles. The number of hydrogen-bond acceptors (Lipinski definition) is 2. The number of nitrogens with one attached hydrogen (secondary N) is 1. The summed E-state index contributed by atoms with van der Waals surface area (Å²) in [4.78, 5) is 0. The van der Waals surface area contributed by atoms with Crippen LogP contribution < -0.4 is 5.32 Å². The molecule has 0 heterocycles. The van der Waals surface area contributed by atoms with E-state index in [4.69, 9.17) is 5.26 Å². The minimum atomic E-state index is 0.318. The van der Waals surface area contributed by atoms with Gasteiger partial charge in [-0.15, -0.1) is 0 Å². The maximum Gasteiger partial charge on any atom is 0.0635 e. The molecular formula is C13H18N2. The van der Waals surface area contributed by atoms with Crippen LogP contribution in [0.5, 0.6) is 0 Å². The fourth-order valence-corrected chi connectivity index (χ4v) is 1.77. The highest BCUT2D eigenvalue weighted by molar-refractivity contribution is 5.32. The molecule has 1 N–H and O–H groups in total. The molecule has 0 amide bonds. The first-order chi connectivity index (χ1) is 7.15. The van der Waals surface area contributed by atoms with E-state index in [-0.39, 0.29) is 0 Å². The van der Waals surface area contributed by atoms with E-state index in [2.05, 4.69) is 50.4 Å². The second-order valence-electron chi connectivity index (χ2n) is 3.94. The van der Waals surface area contributed by atoms with E-state index < -0.39 is 0 Å². The van der Waals surface area contributed by atoms with Gasteiger partial charge in [0.05, 0.1) is 6.07 Å². The fraction of sp³-hybridized carbons (Fsp3) is 0.462. The van der Waals surface area contributed by atoms with Crippen molar-refractivity contribution in [1.29, 1.82) is 5.26 Å². The van der Waals surface area contributed by atoms with Gasteiger partial charge < -0.3 is 5.32 Å². The maximum atomic E-state index is 8.45. The fourth-order valence-electron chi connectivity index (χ4n) is 1.77. The minimum Gasteiger partial charge on any atom is -0.309 e. The first-order valence-electron chi connectivity index (χ1n) is 5.32. The third kappa shape index (κ3) is 3.38. The van der Waals surface area contributed by atoms with Crippen LogP contribution in [0.2, 0.25) is 0 Å². The van der Waals surface area contributed by atoms with Crippen molar-refractivity contribution >= 4 is 0 Å². The molecule has 2 heteroatoms. The molecule has 0 bridgehead atoms. The Bertz CT molecular complexity index is 363. The Labute approximate surface area is 91.9 Å². The lowest BCUT2D eigenvalue weighted by Gasteiger charge is -2.16. The molecule has 0 aliphatic rings. The summed E-state index contributed by atoms with van der Waals surface area (Å²) in [5, 5.41) is 11.8. The van der Waals surface area contributed by atoms with Crippen LogP contribution in [0.4, 0.5) is 0 Å². The third-order valence-electron chi connectivity index (χ3n) is 2.58. The van der Waals surface area contributed by atoms with Gasteiger partial charge in [0.2, 0.25) is 0 Å². The smallest absolute Gasteiger partial charge is 0.0635 e. The summed E-state index contributed by atoms with van der Waals surface area (Å²) < 4.78 is 0. The third-order valence-corrected chi connectivity index (χ3v) is 2.58. The van der Waals surface area contributed by atoms with Crippen LogP contribution in [0.25, 0.3) is 0 Å². The van der Waals surface area contributed by atoms with E-state index in [9.17, 15) is 0 Å². The second-order valence-corrected chi connectivity index (χ2v) is 3.94. The van der Waals surface area contributed by atoms with Crippen molar-refractivity contribution in [1.82, 2.24) is 5.32 Å². The Morgan fingerprint density at radius 3 is 2.73 bits per heavy atom. The quantitative estimate of drug-likeness (QED) is 0.762. The Balaban J connectivity index is 2.66. The molecule has 15 heavy (non-hydrogen) atoms. The van der Waals surface area contributed by atoms with Crippen LogP contribution >= 0.6 is 0 Å². The van der Waals surface area contributed by atoms with E-state index in [0.717, 1.165) is 6.54 Å². The number of nitrogens with zero attached hydrogens (tertiary/aromatic N) is 1. The number of hydrogen-bond donors (Lipinski definition) is 1. The van der Waals surface area contributed by atoms with E-state index in [1.807, 2.05) is 0 Å². The molecule has 0 spiro atoms. The molecule has 1 unspecified atom stereocenters. The average molecular weight is 202 g/mol. The summed E-state index contributed by atoms with van der Waals surface area (Å²) in [5.74, 6) is 0. The first kappa shape index (κ1) is 11.7. The summed E-state index contributed by atoms with van der Waals surface area (Å²) in [5.41, 5.74) is 3.92. The van der Waals surface area contributed by atoms with E-state index in [1.54, 1.807) is 0 Å². The molecule has 0 aliphatic carbocycles. The largest absolute Gasteiger partial charge is 0.309 e. The molecule has 0 fully saturated rings. The van der Waals surface area contributed by atoms with E-state index in [0.29, 0.717) is 12.5 Å². The van der Waals surface area contributed by atoms with Crippen molar-refractivity contribution in [3.05, 3.63) is 34.9 Å². The van der Waals surface area contributed by atoms with Crippen molar-refractivity contribution < 1.29 is 0 Å². The average Bonchev–Trinajstić information content (AvgIpc) is 2.17. The van der Waals surface area contributed by atoms with Crippen molar-refractivity contribution in [2.75, 3.05) is 6.54 Å². The van der Waals surface area contributed by atoms with Gasteiger partial charge in [-0.1, -0.05) is 23.8 Å². The van der Waals surface area contributed by atoms with Gasteiger partial charge in [0, 0.05) is 19.0 Å². The maximum absolute atomic E-state index is 8.45. The van der Waals surface area contributed by atoms with Gasteiger partial charge >= 0.3 is 0 Å². The molecule has 1 aromatic rings. The second kappa shape index (κ2) is 5.53. The van der Waals surface area contributed by atoms with Gasteiger partial charge in [-0.25, -0.2) is 0 Å². The Morgan fingerprint density at radius 1 is 1.40 bits per heavy atom. The van der Waals surface area contributed by atoms with Crippen LogP contribution in [0.1, 0.15) is 36.1 Å². The zero-order valence-corrected chi connectivity index (χ0v) is 9.67. The minimum absolute atomic E-state index is 0.318. The lowest BCUT2D eigenvalue weighted by Crippen LogP contribution is -2.20. The zero-order valence-electron chi connectivity index (χ0n) is 9.67. The van der Waals surface area contributed by atoms with Crippen LogP contribution in [-0.4, -0.2) is 6.54 Å². The molecule has 80 valence electrons. The van der Waals surface area contributed by atoms with Crippen LogP contribution in [0.3, 0.4) is 0 Å². The molecule has 0 radical (unpaired) electrons. The number of rotatable bonds is 4. The van der Waals surface area contributed by atoms with Crippen LogP contribution in [0.15, 0.2) is 18.2 Å². The summed E-state index contributed by atoms with van der Waals surface area (Å²) in [6.45, 7) is 7.12. The lowest BCUT2D eigenvalue weighted by molar-refractivity contribution is 0.580.